The highest BCUT2D eigenvalue weighted by Crippen LogP contribution is 2.15. The number of anilines is 2. The fourth-order valence-electron chi connectivity index (χ4n) is 3.08. The standard InChI is InChI=1S/C21H29N7O5/c1-27(2)21(31)33-16-5-3-15(4-6-16)13-17(18(29)30)25-20-24-14-23-19(26-20)22-7-8-28-9-11-32-12-10-28/h3-6,14,17H,7-13H2,1-2H3,(H,29,30)(H2,22,23,24,25,26)/t17-/m0/s1. The van der Waals surface area contributed by atoms with Crippen molar-refractivity contribution in [2.24, 2.45) is 0 Å². The first-order valence-corrected chi connectivity index (χ1v) is 10.6. The molecule has 1 fully saturated rings. The Balaban J connectivity index is 1.54. The van der Waals surface area contributed by atoms with E-state index in [1.54, 1.807) is 38.4 Å². The van der Waals surface area contributed by atoms with Crippen LogP contribution in [0.5, 0.6) is 5.75 Å². The van der Waals surface area contributed by atoms with Crippen molar-refractivity contribution >= 4 is 24.0 Å². The van der Waals surface area contributed by atoms with Gasteiger partial charge in [-0.15, -0.1) is 0 Å². The number of carbonyl (C=O) groups excluding carboxylic acids is 1. The Morgan fingerprint density at radius 3 is 2.55 bits per heavy atom. The molecule has 1 aliphatic rings. The van der Waals surface area contributed by atoms with E-state index in [2.05, 4.69) is 30.5 Å². The van der Waals surface area contributed by atoms with E-state index in [1.807, 2.05) is 0 Å². The van der Waals surface area contributed by atoms with E-state index in [0.717, 1.165) is 38.4 Å². The van der Waals surface area contributed by atoms with Crippen molar-refractivity contribution in [2.75, 3.05) is 64.1 Å². The Labute approximate surface area is 191 Å². The highest BCUT2D eigenvalue weighted by Gasteiger charge is 2.20. The summed E-state index contributed by atoms with van der Waals surface area (Å²) in [6.45, 7) is 4.74. The zero-order valence-corrected chi connectivity index (χ0v) is 18.7. The number of benzene rings is 1. The van der Waals surface area contributed by atoms with Crippen LogP contribution in [0.1, 0.15) is 5.56 Å². The van der Waals surface area contributed by atoms with Gasteiger partial charge in [-0.25, -0.2) is 19.6 Å². The molecule has 0 saturated carbocycles. The molecule has 0 aliphatic carbocycles. The average Bonchev–Trinajstić information content (AvgIpc) is 2.80. The molecule has 2 heterocycles. The molecule has 3 rings (SSSR count). The zero-order valence-electron chi connectivity index (χ0n) is 18.7. The zero-order chi connectivity index (χ0) is 23.6. The third kappa shape index (κ3) is 7.84. The van der Waals surface area contributed by atoms with E-state index >= 15 is 0 Å². The quantitative estimate of drug-likeness (QED) is 0.464. The lowest BCUT2D eigenvalue weighted by Gasteiger charge is -2.26. The number of ether oxygens (including phenoxy) is 2. The SMILES string of the molecule is CN(C)C(=O)Oc1ccc(C[C@H](Nc2ncnc(NCCN3CCOCC3)n2)C(=O)O)cc1. The summed E-state index contributed by atoms with van der Waals surface area (Å²) in [6.07, 6.45) is 1.03. The van der Waals surface area contributed by atoms with Crippen LogP contribution in [-0.2, 0) is 16.0 Å². The highest BCUT2D eigenvalue weighted by atomic mass is 16.6. The predicted octanol–water partition coefficient (Wildman–Crippen LogP) is 0.784. The third-order valence-electron chi connectivity index (χ3n) is 4.92. The summed E-state index contributed by atoms with van der Waals surface area (Å²) in [6, 6.07) is 5.71. The van der Waals surface area contributed by atoms with Gasteiger partial charge in [-0.3, -0.25) is 4.90 Å². The van der Waals surface area contributed by atoms with Crippen molar-refractivity contribution in [2.45, 2.75) is 12.5 Å². The van der Waals surface area contributed by atoms with Gasteiger partial charge in [0.25, 0.3) is 0 Å². The Kier molecular flexibility index (Phi) is 8.72. The molecular formula is C21H29N7O5. The van der Waals surface area contributed by atoms with E-state index in [0.29, 0.717) is 18.2 Å². The number of nitrogens with zero attached hydrogens (tertiary/aromatic N) is 5. The molecule has 12 heteroatoms. The summed E-state index contributed by atoms with van der Waals surface area (Å²) in [5.74, 6) is -0.123. The molecule has 0 spiro atoms. The van der Waals surface area contributed by atoms with Crippen LogP contribution >= 0.6 is 0 Å². The van der Waals surface area contributed by atoms with Crippen LogP contribution in [0.4, 0.5) is 16.7 Å². The molecule has 0 unspecified atom stereocenters. The van der Waals surface area contributed by atoms with Gasteiger partial charge in [0.1, 0.15) is 18.1 Å². The van der Waals surface area contributed by atoms with Crippen LogP contribution in [-0.4, -0.2) is 101 Å². The molecule has 0 radical (unpaired) electrons. The van der Waals surface area contributed by atoms with Crippen LogP contribution < -0.4 is 15.4 Å². The summed E-state index contributed by atoms with van der Waals surface area (Å²) < 4.78 is 10.5. The number of rotatable bonds is 10. The maximum Gasteiger partial charge on any atom is 0.414 e. The second-order valence-electron chi connectivity index (χ2n) is 7.66. The van der Waals surface area contributed by atoms with Gasteiger partial charge < -0.3 is 30.1 Å². The van der Waals surface area contributed by atoms with E-state index < -0.39 is 18.1 Å². The van der Waals surface area contributed by atoms with Gasteiger partial charge in [-0.2, -0.15) is 4.98 Å². The minimum absolute atomic E-state index is 0.169. The highest BCUT2D eigenvalue weighted by molar-refractivity contribution is 5.77. The number of hydrogen-bond acceptors (Lipinski definition) is 10. The summed E-state index contributed by atoms with van der Waals surface area (Å²) >= 11 is 0. The first-order valence-electron chi connectivity index (χ1n) is 10.6. The molecule has 2 aromatic rings. The number of carbonyl (C=O) groups is 2. The fraction of sp³-hybridized carbons (Fsp3) is 0.476. The van der Waals surface area contributed by atoms with Gasteiger partial charge in [0, 0.05) is 46.7 Å². The number of aliphatic carboxylic acids is 1. The van der Waals surface area contributed by atoms with Gasteiger partial charge in [-0.05, 0) is 17.7 Å². The summed E-state index contributed by atoms with van der Waals surface area (Å²) in [5.41, 5.74) is 0.748. The predicted molar refractivity (Wildman–Crippen MR) is 120 cm³/mol. The van der Waals surface area contributed by atoms with Crippen LogP contribution in [0.25, 0.3) is 0 Å². The third-order valence-corrected chi connectivity index (χ3v) is 4.92. The summed E-state index contributed by atoms with van der Waals surface area (Å²) in [5, 5.41) is 15.6. The summed E-state index contributed by atoms with van der Waals surface area (Å²) in [7, 11) is 3.18. The molecular weight excluding hydrogens is 430 g/mol. The first-order chi connectivity index (χ1) is 15.9. The molecule has 33 heavy (non-hydrogen) atoms. The molecule has 1 aliphatic heterocycles. The van der Waals surface area contributed by atoms with Gasteiger partial charge in [-0.1, -0.05) is 12.1 Å². The maximum atomic E-state index is 11.8. The molecule has 1 aromatic heterocycles. The number of carboxylic acids is 1. The van der Waals surface area contributed by atoms with E-state index in [-0.39, 0.29) is 12.4 Å². The number of aromatic nitrogens is 3. The largest absolute Gasteiger partial charge is 0.480 e. The van der Waals surface area contributed by atoms with Gasteiger partial charge >= 0.3 is 12.1 Å². The van der Waals surface area contributed by atoms with Crippen molar-refractivity contribution in [3.8, 4) is 5.75 Å². The van der Waals surface area contributed by atoms with Gasteiger partial charge in [0.05, 0.1) is 13.2 Å². The smallest absolute Gasteiger partial charge is 0.414 e. The average molecular weight is 460 g/mol. The number of morpholine rings is 1. The minimum Gasteiger partial charge on any atom is -0.480 e. The number of nitrogens with one attached hydrogen (secondary N) is 2. The van der Waals surface area contributed by atoms with Crippen LogP contribution in [0.3, 0.4) is 0 Å². The Morgan fingerprint density at radius 2 is 1.88 bits per heavy atom. The second kappa shape index (κ2) is 11.9. The van der Waals surface area contributed by atoms with Crippen molar-refractivity contribution < 1.29 is 24.2 Å². The van der Waals surface area contributed by atoms with Crippen molar-refractivity contribution in [1.82, 2.24) is 24.8 Å². The number of hydrogen-bond donors (Lipinski definition) is 3. The Bertz CT molecular complexity index is 919. The Hall–Kier alpha value is -3.51. The fourth-order valence-corrected chi connectivity index (χ4v) is 3.08. The van der Waals surface area contributed by atoms with Gasteiger partial charge in [0.2, 0.25) is 11.9 Å². The van der Waals surface area contributed by atoms with E-state index in [9.17, 15) is 14.7 Å². The van der Waals surface area contributed by atoms with Crippen molar-refractivity contribution in [3.63, 3.8) is 0 Å². The normalized spacial score (nSPS) is 14.8. The van der Waals surface area contributed by atoms with Gasteiger partial charge in [0.15, 0.2) is 0 Å². The van der Waals surface area contributed by atoms with Crippen LogP contribution in [0.15, 0.2) is 30.6 Å². The topological polar surface area (TPSA) is 142 Å². The molecule has 178 valence electrons. The molecule has 1 saturated heterocycles. The number of carboxylic acid groups (broad SMARTS) is 1. The maximum absolute atomic E-state index is 11.8. The number of amides is 1. The second-order valence-corrected chi connectivity index (χ2v) is 7.66. The minimum atomic E-state index is -1.04. The van der Waals surface area contributed by atoms with Crippen LogP contribution in [0.2, 0.25) is 0 Å². The molecule has 3 N–H and O–H groups in total. The molecule has 1 atom stereocenters. The first kappa shape index (κ1) is 24.1. The van der Waals surface area contributed by atoms with Crippen LogP contribution in [0, 0.1) is 0 Å². The molecule has 1 aromatic carbocycles. The lowest BCUT2D eigenvalue weighted by molar-refractivity contribution is -0.137. The Morgan fingerprint density at radius 1 is 1.18 bits per heavy atom. The van der Waals surface area contributed by atoms with Crippen molar-refractivity contribution in [3.05, 3.63) is 36.2 Å². The molecule has 1 amide bonds. The molecule has 0 bridgehead atoms. The van der Waals surface area contributed by atoms with Crippen molar-refractivity contribution in [1.29, 1.82) is 0 Å². The lowest BCUT2D eigenvalue weighted by Crippen LogP contribution is -2.39. The lowest BCUT2D eigenvalue weighted by atomic mass is 10.1. The van der Waals surface area contributed by atoms with E-state index in [1.165, 1.54) is 11.2 Å². The molecule has 12 nitrogen and oxygen atoms in total. The van der Waals surface area contributed by atoms with E-state index in [4.69, 9.17) is 9.47 Å². The summed E-state index contributed by atoms with van der Waals surface area (Å²) in [4.78, 5) is 39.4. The monoisotopic (exact) mass is 459 g/mol.